The van der Waals surface area contributed by atoms with Crippen molar-refractivity contribution in [2.45, 2.75) is 31.8 Å². The second-order valence-electron chi connectivity index (χ2n) is 4.72. The molecule has 0 radical (unpaired) electrons. The molecule has 1 aromatic carbocycles. The van der Waals surface area contributed by atoms with Gasteiger partial charge in [0.25, 0.3) is 0 Å². The number of halogens is 1. The fourth-order valence-corrected chi connectivity index (χ4v) is 2.07. The lowest BCUT2D eigenvalue weighted by Gasteiger charge is -2.34. The van der Waals surface area contributed by atoms with Crippen molar-refractivity contribution in [2.24, 2.45) is 5.73 Å². The molecule has 1 saturated carbocycles. The molecule has 2 rings (SSSR count). The van der Waals surface area contributed by atoms with E-state index in [2.05, 4.69) is 4.90 Å². The Bertz CT molecular complexity index is 427. The molecule has 4 heteroatoms. The molecule has 1 aliphatic rings. The van der Waals surface area contributed by atoms with E-state index in [-0.39, 0.29) is 11.7 Å². The number of amidine groups is 1. The Balaban J connectivity index is 2.07. The number of benzene rings is 1. The van der Waals surface area contributed by atoms with E-state index in [1.54, 1.807) is 12.1 Å². The first-order valence-corrected chi connectivity index (χ1v) is 5.91. The Labute approximate surface area is 101 Å². The van der Waals surface area contributed by atoms with Crippen molar-refractivity contribution in [1.29, 1.82) is 5.41 Å². The minimum Gasteiger partial charge on any atom is -0.384 e. The minimum absolute atomic E-state index is 0.0946. The molecule has 0 unspecified atom stereocenters. The van der Waals surface area contributed by atoms with Crippen LogP contribution < -0.4 is 5.73 Å². The summed E-state index contributed by atoms with van der Waals surface area (Å²) < 4.78 is 13.8. The lowest BCUT2D eigenvalue weighted by molar-refractivity contribution is 0.151. The van der Waals surface area contributed by atoms with E-state index >= 15 is 0 Å². The van der Waals surface area contributed by atoms with Gasteiger partial charge in [-0.05, 0) is 26.0 Å². The number of nitrogens with one attached hydrogen (secondary N) is 1. The molecule has 3 N–H and O–H groups in total. The van der Waals surface area contributed by atoms with E-state index < -0.39 is 0 Å². The van der Waals surface area contributed by atoms with E-state index in [9.17, 15) is 4.39 Å². The maximum atomic E-state index is 13.8. The predicted molar refractivity (Wildman–Crippen MR) is 66.5 cm³/mol. The molecule has 1 fully saturated rings. The maximum absolute atomic E-state index is 13.8. The fourth-order valence-electron chi connectivity index (χ4n) is 2.07. The zero-order valence-corrected chi connectivity index (χ0v) is 10.0. The van der Waals surface area contributed by atoms with Crippen LogP contribution in [0.25, 0.3) is 0 Å². The molecule has 1 aliphatic carbocycles. The monoisotopic (exact) mass is 235 g/mol. The van der Waals surface area contributed by atoms with Gasteiger partial charge in [-0.3, -0.25) is 10.3 Å². The Kier molecular flexibility index (Phi) is 3.43. The molecule has 0 atom stereocenters. The first-order valence-electron chi connectivity index (χ1n) is 5.91. The van der Waals surface area contributed by atoms with Crippen molar-refractivity contribution >= 4 is 5.84 Å². The number of nitrogens with two attached hydrogens (primary N) is 1. The number of hydrogen-bond donors (Lipinski definition) is 2. The summed E-state index contributed by atoms with van der Waals surface area (Å²) in [7, 11) is 2.03. The molecule has 0 amide bonds. The van der Waals surface area contributed by atoms with Gasteiger partial charge in [0.05, 0.1) is 0 Å². The second kappa shape index (κ2) is 4.84. The topological polar surface area (TPSA) is 53.1 Å². The third kappa shape index (κ3) is 2.64. The standard InChI is InChI=1S/C13H18FN3/c1-17(11-3-2-4-11)8-10-6-5-9(13(15)16)7-12(10)14/h5-7,11H,2-4,8H2,1H3,(H3,15,16). The largest absolute Gasteiger partial charge is 0.384 e. The van der Waals surface area contributed by atoms with Crippen molar-refractivity contribution in [2.75, 3.05) is 7.05 Å². The maximum Gasteiger partial charge on any atom is 0.128 e. The first kappa shape index (κ1) is 12.0. The van der Waals surface area contributed by atoms with Crippen LogP contribution >= 0.6 is 0 Å². The number of hydrogen-bond acceptors (Lipinski definition) is 2. The molecule has 0 saturated heterocycles. The van der Waals surface area contributed by atoms with Crippen LogP contribution in [-0.4, -0.2) is 23.8 Å². The van der Waals surface area contributed by atoms with E-state index in [4.69, 9.17) is 11.1 Å². The van der Waals surface area contributed by atoms with Gasteiger partial charge in [0, 0.05) is 23.7 Å². The molecule has 0 bridgehead atoms. The summed E-state index contributed by atoms with van der Waals surface area (Å²) in [6.45, 7) is 0.620. The summed E-state index contributed by atoms with van der Waals surface area (Å²) in [5.41, 5.74) is 6.43. The van der Waals surface area contributed by atoms with Crippen LogP contribution in [0.5, 0.6) is 0 Å². The Hall–Kier alpha value is -1.42. The quantitative estimate of drug-likeness (QED) is 0.620. The normalized spacial score (nSPS) is 15.9. The van der Waals surface area contributed by atoms with Crippen molar-refractivity contribution in [3.05, 3.63) is 35.1 Å². The van der Waals surface area contributed by atoms with Crippen LogP contribution in [-0.2, 0) is 6.54 Å². The molecule has 92 valence electrons. The van der Waals surface area contributed by atoms with Crippen LogP contribution in [0.1, 0.15) is 30.4 Å². The molecular weight excluding hydrogens is 217 g/mol. The lowest BCUT2D eigenvalue weighted by Crippen LogP contribution is -2.36. The predicted octanol–water partition coefficient (Wildman–Crippen LogP) is 2.09. The first-order chi connectivity index (χ1) is 8.08. The molecule has 0 aliphatic heterocycles. The third-order valence-electron chi connectivity index (χ3n) is 3.48. The molecule has 0 aromatic heterocycles. The number of nitrogens with zero attached hydrogens (tertiary/aromatic N) is 1. The van der Waals surface area contributed by atoms with Crippen LogP contribution in [0.2, 0.25) is 0 Å². The Morgan fingerprint density at radius 1 is 1.53 bits per heavy atom. The van der Waals surface area contributed by atoms with Gasteiger partial charge in [-0.1, -0.05) is 18.6 Å². The van der Waals surface area contributed by atoms with Crippen molar-refractivity contribution < 1.29 is 4.39 Å². The summed E-state index contributed by atoms with van der Waals surface area (Å²) in [4.78, 5) is 2.19. The molecule has 17 heavy (non-hydrogen) atoms. The summed E-state index contributed by atoms with van der Waals surface area (Å²) in [5.74, 6) is -0.369. The average molecular weight is 235 g/mol. The smallest absolute Gasteiger partial charge is 0.128 e. The van der Waals surface area contributed by atoms with Gasteiger partial charge in [0.2, 0.25) is 0 Å². The van der Waals surface area contributed by atoms with Crippen LogP contribution in [0, 0.1) is 11.2 Å². The highest BCUT2D eigenvalue weighted by Gasteiger charge is 2.22. The van der Waals surface area contributed by atoms with Gasteiger partial charge in [-0.15, -0.1) is 0 Å². The van der Waals surface area contributed by atoms with Gasteiger partial charge in [-0.2, -0.15) is 0 Å². The second-order valence-corrected chi connectivity index (χ2v) is 4.72. The van der Waals surface area contributed by atoms with Crippen LogP contribution in [0.4, 0.5) is 4.39 Å². The zero-order valence-electron chi connectivity index (χ0n) is 10.0. The highest BCUT2D eigenvalue weighted by atomic mass is 19.1. The van der Waals surface area contributed by atoms with Crippen molar-refractivity contribution in [3.8, 4) is 0 Å². The van der Waals surface area contributed by atoms with Crippen LogP contribution in [0.3, 0.4) is 0 Å². The van der Waals surface area contributed by atoms with Crippen molar-refractivity contribution in [3.63, 3.8) is 0 Å². The molecule has 1 aromatic rings. The Morgan fingerprint density at radius 2 is 2.24 bits per heavy atom. The van der Waals surface area contributed by atoms with E-state index in [0.29, 0.717) is 23.7 Å². The molecule has 0 heterocycles. The summed E-state index contributed by atoms with van der Waals surface area (Å²) in [6, 6.07) is 5.37. The van der Waals surface area contributed by atoms with Crippen LogP contribution in [0.15, 0.2) is 18.2 Å². The summed E-state index contributed by atoms with van der Waals surface area (Å²) in [5, 5.41) is 7.25. The summed E-state index contributed by atoms with van der Waals surface area (Å²) >= 11 is 0. The lowest BCUT2D eigenvalue weighted by atomic mass is 9.91. The molecular formula is C13H18FN3. The highest BCUT2D eigenvalue weighted by molar-refractivity contribution is 5.94. The SMILES string of the molecule is CN(Cc1ccc(C(=N)N)cc1F)C1CCC1. The highest BCUT2D eigenvalue weighted by Crippen LogP contribution is 2.25. The van der Waals surface area contributed by atoms with Gasteiger partial charge in [0.15, 0.2) is 0 Å². The van der Waals surface area contributed by atoms with Gasteiger partial charge < -0.3 is 5.73 Å². The van der Waals surface area contributed by atoms with E-state index in [1.807, 2.05) is 7.05 Å². The summed E-state index contributed by atoms with van der Waals surface area (Å²) in [6.07, 6.45) is 3.70. The van der Waals surface area contributed by atoms with Gasteiger partial charge in [0.1, 0.15) is 11.7 Å². The van der Waals surface area contributed by atoms with Crippen molar-refractivity contribution in [1.82, 2.24) is 4.90 Å². The van der Waals surface area contributed by atoms with Gasteiger partial charge in [-0.25, -0.2) is 4.39 Å². The fraction of sp³-hybridized carbons (Fsp3) is 0.462. The zero-order chi connectivity index (χ0) is 12.4. The molecule has 3 nitrogen and oxygen atoms in total. The third-order valence-corrected chi connectivity index (χ3v) is 3.48. The minimum atomic E-state index is -0.274. The van der Waals surface area contributed by atoms with E-state index in [0.717, 1.165) is 0 Å². The van der Waals surface area contributed by atoms with E-state index in [1.165, 1.54) is 25.3 Å². The Morgan fingerprint density at radius 3 is 2.71 bits per heavy atom. The number of nitrogen functional groups attached to an aromatic ring is 1. The van der Waals surface area contributed by atoms with Gasteiger partial charge >= 0.3 is 0 Å². The molecule has 0 spiro atoms. The average Bonchev–Trinajstić information content (AvgIpc) is 2.18. The number of rotatable bonds is 4.